The SMILES string of the molecule is c1ccc(-n2ccc3cc4c(cc32)B2c3cc5c(ccn5-c5ccccc5)cc3Oc3cccc(c32)O4)cc1. The van der Waals surface area contributed by atoms with E-state index in [0.717, 1.165) is 72.6 Å². The van der Waals surface area contributed by atoms with E-state index in [-0.39, 0.29) is 6.71 Å². The Hall–Kier alpha value is -5.16. The molecule has 0 fully saturated rings. The third kappa shape index (κ3) is 2.95. The molecule has 0 N–H and O–H groups in total. The number of hydrogen-bond donors (Lipinski definition) is 0. The van der Waals surface area contributed by atoms with E-state index in [1.807, 2.05) is 30.3 Å². The Labute approximate surface area is 225 Å². The van der Waals surface area contributed by atoms with Crippen molar-refractivity contribution >= 4 is 44.9 Å². The lowest BCUT2D eigenvalue weighted by Crippen LogP contribution is -2.57. The van der Waals surface area contributed by atoms with Crippen LogP contribution in [0.3, 0.4) is 0 Å². The molecular formula is C34H21BN2O2. The van der Waals surface area contributed by atoms with Crippen molar-refractivity contribution in [1.29, 1.82) is 0 Å². The van der Waals surface area contributed by atoms with Gasteiger partial charge < -0.3 is 18.6 Å². The standard InChI is InChI=1S/C34H21BN2O2/c1-3-8-24(9-4-1)36-16-14-22-18-32-26(20-28(22)36)35-27-21-29-23(15-17-37(29)25-10-5-2-6-11-25)19-33(27)39-31-13-7-12-30(38-32)34(31)35/h1-21H. The molecule has 5 heteroatoms. The van der Waals surface area contributed by atoms with Gasteiger partial charge in [-0.2, -0.15) is 0 Å². The maximum atomic E-state index is 6.53. The monoisotopic (exact) mass is 500 g/mol. The summed E-state index contributed by atoms with van der Waals surface area (Å²) in [6.07, 6.45) is 4.27. The van der Waals surface area contributed by atoms with Crippen LogP contribution in [0.5, 0.6) is 23.0 Å². The summed E-state index contributed by atoms with van der Waals surface area (Å²) in [5, 5.41) is 2.30. The number of fused-ring (bicyclic) bond motifs is 6. The molecule has 0 amide bonds. The number of nitrogens with zero attached hydrogens (tertiary/aromatic N) is 2. The first-order valence-corrected chi connectivity index (χ1v) is 13.2. The molecule has 4 nitrogen and oxygen atoms in total. The second-order valence-corrected chi connectivity index (χ2v) is 10.2. The molecule has 5 aromatic carbocycles. The molecule has 39 heavy (non-hydrogen) atoms. The average molecular weight is 500 g/mol. The van der Waals surface area contributed by atoms with Crippen molar-refractivity contribution in [3.8, 4) is 34.4 Å². The van der Waals surface area contributed by atoms with E-state index in [0.29, 0.717) is 0 Å². The van der Waals surface area contributed by atoms with E-state index >= 15 is 0 Å². The second-order valence-electron chi connectivity index (χ2n) is 10.2. The molecular weight excluding hydrogens is 479 g/mol. The number of hydrogen-bond acceptors (Lipinski definition) is 2. The summed E-state index contributed by atoms with van der Waals surface area (Å²) in [6, 6.07) is 40.4. The average Bonchev–Trinajstić information content (AvgIpc) is 3.59. The Morgan fingerprint density at radius 3 is 1.44 bits per heavy atom. The fourth-order valence-corrected chi connectivity index (χ4v) is 6.31. The third-order valence-electron chi connectivity index (χ3n) is 8.09. The highest BCUT2D eigenvalue weighted by atomic mass is 16.5. The van der Waals surface area contributed by atoms with Gasteiger partial charge in [0.15, 0.2) is 0 Å². The Kier molecular flexibility index (Phi) is 4.11. The van der Waals surface area contributed by atoms with Gasteiger partial charge >= 0.3 is 0 Å². The minimum Gasteiger partial charge on any atom is -0.458 e. The van der Waals surface area contributed by atoms with Gasteiger partial charge in [0.05, 0.1) is 11.0 Å². The zero-order valence-electron chi connectivity index (χ0n) is 20.9. The predicted molar refractivity (Wildman–Crippen MR) is 158 cm³/mol. The summed E-state index contributed by atoms with van der Waals surface area (Å²) in [5.41, 5.74) is 7.99. The van der Waals surface area contributed by atoms with Crippen LogP contribution in [0.1, 0.15) is 0 Å². The molecule has 0 spiro atoms. The van der Waals surface area contributed by atoms with Crippen LogP contribution < -0.4 is 25.9 Å². The van der Waals surface area contributed by atoms with Crippen LogP contribution in [0.25, 0.3) is 33.2 Å². The second kappa shape index (κ2) is 7.68. The van der Waals surface area contributed by atoms with Crippen molar-refractivity contribution in [3.05, 3.63) is 128 Å². The Bertz CT molecular complexity index is 1930. The first-order valence-electron chi connectivity index (χ1n) is 13.2. The number of rotatable bonds is 2. The number of aromatic nitrogens is 2. The Morgan fingerprint density at radius 1 is 0.462 bits per heavy atom. The maximum absolute atomic E-state index is 6.53. The van der Waals surface area contributed by atoms with Gasteiger partial charge in [0, 0.05) is 40.0 Å². The lowest BCUT2D eigenvalue weighted by molar-refractivity contribution is 0.465. The number of para-hydroxylation sites is 2. The fourth-order valence-electron chi connectivity index (χ4n) is 6.31. The highest BCUT2D eigenvalue weighted by Crippen LogP contribution is 2.37. The zero-order valence-corrected chi connectivity index (χ0v) is 20.9. The molecule has 0 unspecified atom stereocenters. The van der Waals surface area contributed by atoms with Gasteiger partial charge in [0.25, 0.3) is 6.71 Å². The van der Waals surface area contributed by atoms with E-state index in [4.69, 9.17) is 9.47 Å². The van der Waals surface area contributed by atoms with Gasteiger partial charge in [-0.05, 0) is 83.7 Å². The van der Waals surface area contributed by atoms with Gasteiger partial charge in [0.2, 0.25) is 0 Å². The lowest BCUT2D eigenvalue weighted by atomic mass is 9.35. The van der Waals surface area contributed by atoms with Crippen molar-refractivity contribution in [2.24, 2.45) is 0 Å². The third-order valence-corrected chi connectivity index (χ3v) is 8.09. The minimum atomic E-state index is -0.00394. The normalized spacial score (nSPS) is 13.0. The maximum Gasteiger partial charge on any atom is 0.260 e. The topological polar surface area (TPSA) is 28.3 Å². The van der Waals surface area contributed by atoms with Crippen molar-refractivity contribution in [1.82, 2.24) is 9.13 Å². The molecule has 2 aliphatic rings. The van der Waals surface area contributed by atoms with E-state index in [9.17, 15) is 0 Å². The van der Waals surface area contributed by atoms with Crippen LogP contribution in [0, 0.1) is 0 Å². The minimum absolute atomic E-state index is 0.00394. The lowest BCUT2D eigenvalue weighted by Gasteiger charge is -2.33. The molecule has 0 radical (unpaired) electrons. The zero-order chi connectivity index (χ0) is 25.5. The number of benzene rings is 5. The first kappa shape index (κ1) is 20.9. The van der Waals surface area contributed by atoms with Gasteiger partial charge in [-0.25, -0.2) is 0 Å². The Balaban J connectivity index is 1.31. The van der Waals surface area contributed by atoms with E-state index in [2.05, 4.69) is 106 Å². The van der Waals surface area contributed by atoms with Crippen LogP contribution in [-0.4, -0.2) is 15.8 Å². The summed E-state index contributed by atoms with van der Waals surface area (Å²) in [6.45, 7) is -0.00394. The molecule has 0 aliphatic carbocycles. The van der Waals surface area contributed by atoms with Gasteiger partial charge in [-0.3, -0.25) is 0 Å². The summed E-state index contributed by atoms with van der Waals surface area (Å²) < 4.78 is 17.6. The summed E-state index contributed by atoms with van der Waals surface area (Å²) in [4.78, 5) is 0. The molecule has 4 heterocycles. The predicted octanol–water partition coefficient (Wildman–Crippen LogP) is 6.30. The smallest absolute Gasteiger partial charge is 0.260 e. The summed E-state index contributed by atoms with van der Waals surface area (Å²) >= 11 is 0. The molecule has 7 aromatic rings. The van der Waals surface area contributed by atoms with Gasteiger partial charge in [-0.15, -0.1) is 0 Å². The van der Waals surface area contributed by atoms with Crippen molar-refractivity contribution in [3.63, 3.8) is 0 Å². The van der Waals surface area contributed by atoms with Gasteiger partial charge in [0.1, 0.15) is 23.0 Å². The molecule has 2 aliphatic heterocycles. The molecule has 0 saturated heterocycles. The number of ether oxygens (including phenoxy) is 2. The Morgan fingerprint density at radius 2 is 0.949 bits per heavy atom. The summed E-state index contributed by atoms with van der Waals surface area (Å²) in [5.74, 6) is 3.51. The highest BCUT2D eigenvalue weighted by Gasteiger charge is 2.40. The molecule has 0 bridgehead atoms. The van der Waals surface area contributed by atoms with Crippen molar-refractivity contribution in [2.45, 2.75) is 0 Å². The largest absolute Gasteiger partial charge is 0.458 e. The molecule has 182 valence electrons. The molecule has 0 saturated carbocycles. The molecule has 2 aromatic heterocycles. The van der Waals surface area contributed by atoms with Gasteiger partial charge in [-0.1, -0.05) is 42.5 Å². The molecule has 9 rings (SSSR count). The van der Waals surface area contributed by atoms with Crippen LogP contribution in [-0.2, 0) is 0 Å². The van der Waals surface area contributed by atoms with E-state index < -0.39 is 0 Å². The quantitative estimate of drug-likeness (QED) is 0.261. The molecule has 0 atom stereocenters. The van der Waals surface area contributed by atoms with Crippen LogP contribution in [0.15, 0.2) is 128 Å². The van der Waals surface area contributed by atoms with Crippen LogP contribution in [0.2, 0.25) is 0 Å². The fraction of sp³-hybridized carbons (Fsp3) is 0. The van der Waals surface area contributed by atoms with E-state index in [1.54, 1.807) is 0 Å². The first-order chi connectivity index (χ1) is 19.3. The van der Waals surface area contributed by atoms with Crippen molar-refractivity contribution in [2.75, 3.05) is 0 Å². The summed E-state index contributed by atoms with van der Waals surface area (Å²) in [7, 11) is 0. The van der Waals surface area contributed by atoms with Crippen LogP contribution >= 0.6 is 0 Å². The van der Waals surface area contributed by atoms with Crippen LogP contribution in [0.4, 0.5) is 0 Å². The van der Waals surface area contributed by atoms with Crippen molar-refractivity contribution < 1.29 is 9.47 Å². The van der Waals surface area contributed by atoms with E-state index in [1.165, 1.54) is 0 Å². The highest BCUT2D eigenvalue weighted by molar-refractivity contribution is 6.98.